The molecule has 0 spiro atoms. The van der Waals surface area contributed by atoms with E-state index >= 15 is 0 Å². The van der Waals surface area contributed by atoms with E-state index < -0.39 is 0 Å². The molecule has 2 bridgehead atoms. The molecule has 3 N–H and O–H groups in total. The summed E-state index contributed by atoms with van der Waals surface area (Å²) in [4.78, 5) is 22.1. The van der Waals surface area contributed by atoms with Gasteiger partial charge in [0.2, 0.25) is 0 Å². The zero-order valence-electron chi connectivity index (χ0n) is 17.0. The number of benzene rings is 1. The molecule has 30 heavy (non-hydrogen) atoms. The lowest BCUT2D eigenvalue weighted by Gasteiger charge is -2.35. The van der Waals surface area contributed by atoms with Crippen LogP contribution in [0.15, 0.2) is 66.4 Å². The first-order valence-electron chi connectivity index (χ1n) is 10.6. The largest absolute Gasteiger partial charge is 0.397 e. The Hall–Kier alpha value is -3.12. The van der Waals surface area contributed by atoms with Gasteiger partial charge in [-0.15, -0.1) is 0 Å². The molecule has 5 rings (SSSR count). The molecule has 0 radical (unpaired) electrons. The monoisotopic (exact) mass is 401 g/mol. The van der Waals surface area contributed by atoms with Crippen LogP contribution in [0.2, 0.25) is 0 Å². The topological polar surface area (TPSA) is 74.5 Å². The van der Waals surface area contributed by atoms with Crippen molar-refractivity contribution in [3.63, 3.8) is 0 Å². The van der Waals surface area contributed by atoms with Crippen LogP contribution in [0, 0.1) is 0 Å². The van der Waals surface area contributed by atoms with E-state index in [1.807, 2.05) is 24.3 Å². The number of carbonyl (C=O) groups excluding carboxylic acids is 1. The van der Waals surface area contributed by atoms with Gasteiger partial charge in [0.1, 0.15) is 5.82 Å². The number of aromatic nitrogens is 1. The molecule has 2 aromatic rings. The fourth-order valence-electron chi connectivity index (χ4n) is 4.76. The summed E-state index contributed by atoms with van der Waals surface area (Å²) < 4.78 is 0. The van der Waals surface area contributed by atoms with Crippen LogP contribution in [0.5, 0.6) is 0 Å². The second kappa shape index (κ2) is 7.95. The lowest BCUT2D eigenvalue weighted by molar-refractivity contribution is 0.102. The highest BCUT2D eigenvalue weighted by Gasteiger charge is 2.43. The van der Waals surface area contributed by atoms with Crippen LogP contribution in [-0.2, 0) is 0 Å². The molecule has 154 valence electrons. The summed E-state index contributed by atoms with van der Waals surface area (Å²) in [6.07, 6.45) is 11.9. The van der Waals surface area contributed by atoms with Gasteiger partial charge in [0, 0.05) is 37.9 Å². The van der Waals surface area contributed by atoms with Crippen LogP contribution in [0.3, 0.4) is 0 Å². The number of nitrogens with two attached hydrogens (primary N) is 1. The number of hydrogen-bond acceptors (Lipinski definition) is 5. The van der Waals surface area contributed by atoms with E-state index in [-0.39, 0.29) is 5.91 Å². The zero-order chi connectivity index (χ0) is 20.5. The Morgan fingerprint density at radius 3 is 2.77 bits per heavy atom. The minimum atomic E-state index is -0.198. The molecule has 2 aliphatic heterocycles. The third-order valence-corrected chi connectivity index (χ3v) is 6.37. The second-order valence-corrected chi connectivity index (χ2v) is 8.36. The summed E-state index contributed by atoms with van der Waals surface area (Å²) in [6, 6.07) is 12.2. The predicted molar refractivity (Wildman–Crippen MR) is 121 cm³/mol. The first-order chi connectivity index (χ1) is 14.7. The molecule has 3 aliphatic rings. The van der Waals surface area contributed by atoms with Crippen LogP contribution >= 0.6 is 0 Å². The summed E-state index contributed by atoms with van der Waals surface area (Å²) in [5, 5.41) is 2.85. The van der Waals surface area contributed by atoms with Gasteiger partial charge in [-0.1, -0.05) is 35.9 Å². The number of para-hydroxylation sites is 2. The van der Waals surface area contributed by atoms with Crippen LogP contribution in [0.4, 0.5) is 17.2 Å². The number of hydrogen-bond donors (Lipinski definition) is 2. The number of anilines is 3. The molecule has 0 saturated carbocycles. The van der Waals surface area contributed by atoms with Crippen molar-refractivity contribution in [2.45, 2.75) is 31.3 Å². The first-order valence-corrected chi connectivity index (χ1v) is 10.6. The van der Waals surface area contributed by atoms with Gasteiger partial charge in [0.25, 0.3) is 5.91 Å². The molecular weight excluding hydrogens is 374 g/mol. The van der Waals surface area contributed by atoms with E-state index in [9.17, 15) is 4.79 Å². The Morgan fingerprint density at radius 1 is 1.17 bits per heavy atom. The quantitative estimate of drug-likeness (QED) is 0.751. The van der Waals surface area contributed by atoms with Crippen molar-refractivity contribution >= 4 is 23.1 Å². The average molecular weight is 402 g/mol. The van der Waals surface area contributed by atoms with E-state index in [1.54, 1.807) is 23.9 Å². The lowest BCUT2D eigenvalue weighted by Crippen LogP contribution is -2.47. The maximum absolute atomic E-state index is 12.5. The van der Waals surface area contributed by atoms with Gasteiger partial charge in [0.05, 0.1) is 16.9 Å². The lowest BCUT2D eigenvalue weighted by atomic mass is 10.0. The van der Waals surface area contributed by atoms with Gasteiger partial charge in [-0.3, -0.25) is 9.69 Å². The molecule has 1 aliphatic carbocycles. The van der Waals surface area contributed by atoms with Gasteiger partial charge in [-0.25, -0.2) is 4.98 Å². The number of nitrogen functional groups attached to an aromatic ring is 1. The van der Waals surface area contributed by atoms with Crippen molar-refractivity contribution in [1.29, 1.82) is 0 Å². The highest BCUT2D eigenvalue weighted by molar-refractivity contribution is 6.05. The Balaban J connectivity index is 1.21. The number of carbonyl (C=O) groups is 1. The molecule has 2 atom stereocenters. The van der Waals surface area contributed by atoms with Crippen molar-refractivity contribution in [2.24, 2.45) is 0 Å². The highest BCUT2D eigenvalue weighted by atomic mass is 16.1. The molecular formula is C24H27N5O. The summed E-state index contributed by atoms with van der Waals surface area (Å²) in [5.74, 6) is 0.758. The average Bonchev–Trinajstić information content (AvgIpc) is 3.37. The Kier molecular flexibility index (Phi) is 5.01. The van der Waals surface area contributed by atoms with Gasteiger partial charge in [0.15, 0.2) is 0 Å². The van der Waals surface area contributed by atoms with Gasteiger partial charge < -0.3 is 16.0 Å². The SMILES string of the molecule is Nc1ccccc1NC(=O)c1ccc(N2CC3C[C@H]2CN3CC2=CC=CCC2)nc1. The Labute approximate surface area is 177 Å². The number of nitrogens with one attached hydrogen (secondary N) is 1. The van der Waals surface area contributed by atoms with E-state index in [1.165, 1.54) is 19.3 Å². The van der Waals surface area contributed by atoms with E-state index in [2.05, 4.69) is 38.3 Å². The minimum Gasteiger partial charge on any atom is -0.397 e. The van der Waals surface area contributed by atoms with E-state index in [0.29, 0.717) is 29.0 Å². The molecule has 2 fully saturated rings. The standard InChI is InChI=1S/C24H27N5O/c25-21-8-4-5-9-22(21)27-24(30)18-10-11-23(26-13-18)29-16-19-12-20(29)15-28(19)14-17-6-2-1-3-7-17/h1-2,4-6,8-11,13,19-20H,3,7,12,14-16,25H2,(H,27,30)/t19?,20-/m0/s1. The summed E-state index contributed by atoms with van der Waals surface area (Å²) in [5.41, 5.74) is 9.16. The zero-order valence-corrected chi connectivity index (χ0v) is 17.0. The fourth-order valence-corrected chi connectivity index (χ4v) is 4.76. The third-order valence-electron chi connectivity index (χ3n) is 6.37. The maximum Gasteiger partial charge on any atom is 0.257 e. The van der Waals surface area contributed by atoms with Crippen molar-refractivity contribution in [3.05, 3.63) is 72.0 Å². The number of likely N-dealkylation sites (tertiary alicyclic amines) is 1. The van der Waals surface area contributed by atoms with Crippen molar-refractivity contribution < 1.29 is 4.79 Å². The second-order valence-electron chi connectivity index (χ2n) is 8.36. The molecule has 1 amide bonds. The number of amides is 1. The van der Waals surface area contributed by atoms with Gasteiger partial charge in [-0.05, 0) is 43.5 Å². The van der Waals surface area contributed by atoms with Crippen molar-refractivity contribution in [1.82, 2.24) is 9.88 Å². The molecule has 3 heterocycles. The number of nitrogens with zero attached hydrogens (tertiary/aromatic N) is 3. The van der Waals surface area contributed by atoms with Crippen LogP contribution in [-0.4, -0.2) is 47.5 Å². The number of fused-ring (bicyclic) bond motifs is 2. The number of rotatable bonds is 5. The normalized spacial score (nSPS) is 22.9. The third kappa shape index (κ3) is 3.71. The van der Waals surface area contributed by atoms with Crippen molar-refractivity contribution in [3.8, 4) is 0 Å². The summed E-state index contributed by atoms with van der Waals surface area (Å²) >= 11 is 0. The van der Waals surface area contributed by atoms with E-state index in [4.69, 9.17) is 5.73 Å². The molecule has 1 aromatic carbocycles. The molecule has 6 heteroatoms. The fraction of sp³-hybridized carbons (Fsp3) is 0.333. The first kappa shape index (κ1) is 18.9. The molecule has 2 saturated heterocycles. The van der Waals surface area contributed by atoms with E-state index in [0.717, 1.165) is 25.5 Å². The van der Waals surface area contributed by atoms with Crippen LogP contribution in [0.25, 0.3) is 0 Å². The highest BCUT2D eigenvalue weighted by Crippen LogP contribution is 2.34. The summed E-state index contributed by atoms with van der Waals surface area (Å²) in [6.45, 7) is 3.18. The Morgan fingerprint density at radius 2 is 2.07 bits per heavy atom. The molecule has 6 nitrogen and oxygen atoms in total. The predicted octanol–water partition coefficient (Wildman–Crippen LogP) is 3.46. The number of piperazine rings is 1. The smallest absolute Gasteiger partial charge is 0.257 e. The Bertz CT molecular complexity index is 997. The number of pyridine rings is 1. The van der Waals surface area contributed by atoms with Gasteiger partial charge in [-0.2, -0.15) is 0 Å². The number of allylic oxidation sites excluding steroid dienone is 3. The van der Waals surface area contributed by atoms with Crippen LogP contribution < -0.4 is 16.0 Å². The van der Waals surface area contributed by atoms with Crippen LogP contribution in [0.1, 0.15) is 29.6 Å². The van der Waals surface area contributed by atoms with Gasteiger partial charge >= 0.3 is 0 Å². The van der Waals surface area contributed by atoms with Crippen molar-refractivity contribution in [2.75, 3.05) is 35.6 Å². The maximum atomic E-state index is 12.5. The summed E-state index contributed by atoms with van der Waals surface area (Å²) in [7, 11) is 0. The minimum absolute atomic E-state index is 0.198. The molecule has 1 aromatic heterocycles. The molecule has 1 unspecified atom stereocenters.